The summed E-state index contributed by atoms with van der Waals surface area (Å²) in [6.45, 7) is 2.22. The molecule has 0 aromatic heterocycles. The summed E-state index contributed by atoms with van der Waals surface area (Å²) in [7, 11) is 0. The van der Waals surface area contributed by atoms with Crippen molar-refractivity contribution in [1.29, 1.82) is 0 Å². The number of ether oxygens (including phenoxy) is 1. The van der Waals surface area contributed by atoms with Gasteiger partial charge in [0, 0.05) is 23.7 Å². The molecule has 0 saturated heterocycles. The third-order valence-electron chi connectivity index (χ3n) is 4.53. The average molecular weight is 342 g/mol. The second-order valence-electron chi connectivity index (χ2n) is 6.48. The minimum Gasteiger partial charge on any atom is -0.445 e. The molecule has 0 heterocycles. The first-order chi connectivity index (χ1) is 12.1. The van der Waals surface area contributed by atoms with E-state index in [1.807, 2.05) is 43.3 Å². The molecule has 2 N–H and O–H groups in total. The number of benzene rings is 2. The van der Waals surface area contributed by atoms with Crippen LogP contribution < -0.4 is 10.6 Å². The van der Waals surface area contributed by atoms with Gasteiger partial charge in [0.05, 0.1) is 0 Å². The summed E-state index contributed by atoms with van der Waals surface area (Å²) in [5.41, 5.74) is 1.63. The Labute approximate surface area is 147 Å². The lowest BCUT2D eigenvalue weighted by Crippen LogP contribution is -2.52. The van der Waals surface area contributed by atoms with Crippen LogP contribution in [0.1, 0.15) is 36.9 Å². The van der Waals surface area contributed by atoms with E-state index in [-0.39, 0.29) is 30.5 Å². The number of alkyl carbamates (subject to hydrolysis) is 1. The van der Waals surface area contributed by atoms with E-state index in [9.17, 15) is 9.18 Å². The van der Waals surface area contributed by atoms with Gasteiger partial charge >= 0.3 is 6.09 Å². The Balaban J connectivity index is 1.36. The highest BCUT2D eigenvalue weighted by atomic mass is 19.1. The average Bonchev–Trinajstić information content (AvgIpc) is 2.59. The fourth-order valence-corrected chi connectivity index (χ4v) is 3.07. The molecule has 132 valence electrons. The Morgan fingerprint density at radius 2 is 1.80 bits per heavy atom. The van der Waals surface area contributed by atoms with Gasteiger partial charge in [-0.05, 0) is 31.4 Å². The van der Waals surface area contributed by atoms with Crippen LogP contribution in [0.4, 0.5) is 9.18 Å². The topological polar surface area (TPSA) is 50.4 Å². The molecule has 1 aliphatic rings. The Morgan fingerprint density at radius 1 is 1.12 bits per heavy atom. The van der Waals surface area contributed by atoms with E-state index in [1.54, 1.807) is 12.1 Å². The lowest BCUT2D eigenvalue weighted by molar-refractivity contribution is 0.124. The third-order valence-corrected chi connectivity index (χ3v) is 4.53. The molecule has 0 radical (unpaired) electrons. The number of hydrogen-bond donors (Lipinski definition) is 2. The second kappa shape index (κ2) is 8.12. The summed E-state index contributed by atoms with van der Waals surface area (Å²) in [5, 5.41) is 6.27. The van der Waals surface area contributed by atoms with Crippen LogP contribution in [0, 0.1) is 5.82 Å². The van der Waals surface area contributed by atoms with Gasteiger partial charge in [-0.2, -0.15) is 0 Å². The van der Waals surface area contributed by atoms with E-state index >= 15 is 0 Å². The molecule has 1 unspecified atom stereocenters. The molecule has 0 bridgehead atoms. The maximum absolute atomic E-state index is 13.8. The van der Waals surface area contributed by atoms with Gasteiger partial charge < -0.3 is 15.4 Å². The van der Waals surface area contributed by atoms with E-state index < -0.39 is 6.09 Å². The first-order valence-electron chi connectivity index (χ1n) is 8.59. The fourth-order valence-electron chi connectivity index (χ4n) is 3.07. The lowest BCUT2D eigenvalue weighted by atomic mass is 9.86. The van der Waals surface area contributed by atoms with E-state index in [0.717, 1.165) is 18.4 Å². The van der Waals surface area contributed by atoms with Gasteiger partial charge in [-0.1, -0.05) is 48.5 Å². The molecule has 25 heavy (non-hydrogen) atoms. The van der Waals surface area contributed by atoms with Crippen LogP contribution in [0.5, 0.6) is 0 Å². The Kier molecular flexibility index (Phi) is 5.66. The van der Waals surface area contributed by atoms with Crippen molar-refractivity contribution in [1.82, 2.24) is 10.6 Å². The van der Waals surface area contributed by atoms with Crippen molar-refractivity contribution in [2.24, 2.45) is 0 Å². The molecule has 2 aromatic rings. The Bertz CT molecular complexity index is 702. The van der Waals surface area contributed by atoms with Crippen molar-refractivity contribution >= 4 is 6.09 Å². The fraction of sp³-hybridized carbons (Fsp3) is 0.350. The third kappa shape index (κ3) is 4.79. The Hall–Kier alpha value is -2.40. The van der Waals surface area contributed by atoms with Crippen molar-refractivity contribution in [3.63, 3.8) is 0 Å². The number of carbonyl (C=O) groups is 1. The minimum atomic E-state index is -0.394. The smallest absolute Gasteiger partial charge is 0.407 e. The lowest BCUT2D eigenvalue weighted by Gasteiger charge is -2.38. The largest absolute Gasteiger partial charge is 0.445 e. The highest BCUT2D eigenvalue weighted by Crippen LogP contribution is 2.25. The quantitative estimate of drug-likeness (QED) is 0.836. The zero-order valence-electron chi connectivity index (χ0n) is 14.2. The molecule has 1 aliphatic carbocycles. The van der Waals surface area contributed by atoms with E-state index in [2.05, 4.69) is 10.6 Å². The van der Waals surface area contributed by atoms with Gasteiger partial charge in [0.2, 0.25) is 0 Å². The van der Waals surface area contributed by atoms with Crippen LogP contribution in [0.2, 0.25) is 0 Å². The van der Waals surface area contributed by atoms with Crippen molar-refractivity contribution in [3.8, 4) is 0 Å². The molecule has 0 spiro atoms. The normalized spacial score (nSPS) is 20.4. The van der Waals surface area contributed by atoms with E-state index in [4.69, 9.17) is 4.74 Å². The molecule has 1 saturated carbocycles. The zero-order valence-corrected chi connectivity index (χ0v) is 14.2. The summed E-state index contributed by atoms with van der Waals surface area (Å²) >= 11 is 0. The number of amides is 1. The molecule has 1 atom stereocenters. The molecular weight excluding hydrogens is 319 g/mol. The number of rotatable bonds is 6. The summed E-state index contributed by atoms with van der Waals surface area (Å²) in [6.07, 6.45) is 1.24. The van der Waals surface area contributed by atoms with Crippen molar-refractivity contribution in [2.45, 2.75) is 44.5 Å². The van der Waals surface area contributed by atoms with Gasteiger partial charge in [0.1, 0.15) is 12.4 Å². The van der Waals surface area contributed by atoms with Crippen LogP contribution in [0.25, 0.3) is 0 Å². The predicted molar refractivity (Wildman–Crippen MR) is 94.5 cm³/mol. The standard InChI is InChI=1S/C20H23FN2O2/c1-14(18-9-5-6-10-19(18)21)22-16-11-17(12-16)23-20(24)25-13-15-7-3-2-4-8-15/h2-10,14,16-17,22H,11-13H2,1H3,(H,23,24). The predicted octanol–water partition coefficient (Wildman–Crippen LogP) is 3.93. The molecule has 5 heteroatoms. The molecule has 2 aromatic carbocycles. The molecule has 3 rings (SSSR count). The summed E-state index contributed by atoms with van der Waals surface area (Å²) in [4.78, 5) is 11.8. The molecule has 1 amide bonds. The SMILES string of the molecule is CC(NC1CC(NC(=O)OCc2ccccc2)C1)c1ccccc1F. The van der Waals surface area contributed by atoms with Crippen molar-refractivity contribution in [3.05, 3.63) is 71.5 Å². The first kappa shape index (κ1) is 17.4. The maximum atomic E-state index is 13.8. The number of hydrogen-bond acceptors (Lipinski definition) is 3. The second-order valence-corrected chi connectivity index (χ2v) is 6.48. The summed E-state index contributed by atoms with van der Waals surface area (Å²) in [6, 6.07) is 16.7. The minimum absolute atomic E-state index is 0.0582. The van der Waals surface area contributed by atoms with Gasteiger partial charge in [-0.25, -0.2) is 9.18 Å². The van der Waals surface area contributed by atoms with Crippen LogP contribution >= 0.6 is 0 Å². The zero-order chi connectivity index (χ0) is 17.6. The maximum Gasteiger partial charge on any atom is 0.407 e. The van der Waals surface area contributed by atoms with E-state index in [0.29, 0.717) is 5.56 Å². The van der Waals surface area contributed by atoms with Crippen LogP contribution in [-0.4, -0.2) is 18.2 Å². The Morgan fingerprint density at radius 3 is 2.52 bits per heavy atom. The first-order valence-corrected chi connectivity index (χ1v) is 8.59. The number of halogens is 1. The van der Waals surface area contributed by atoms with Gasteiger partial charge in [-0.15, -0.1) is 0 Å². The monoisotopic (exact) mass is 342 g/mol. The van der Waals surface area contributed by atoms with Crippen LogP contribution in [0.15, 0.2) is 54.6 Å². The van der Waals surface area contributed by atoms with Gasteiger partial charge in [0.15, 0.2) is 0 Å². The summed E-state index contributed by atoms with van der Waals surface area (Å²) < 4.78 is 19.0. The van der Waals surface area contributed by atoms with Crippen molar-refractivity contribution < 1.29 is 13.9 Å². The summed E-state index contributed by atoms with van der Waals surface area (Å²) in [5.74, 6) is -0.194. The molecule has 1 fully saturated rings. The van der Waals surface area contributed by atoms with E-state index in [1.165, 1.54) is 6.07 Å². The van der Waals surface area contributed by atoms with Crippen LogP contribution in [0.3, 0.4) is 0 Å². The molecular formula is C20H23FN2O2. The van der Waals surface area contributed by atoms with Gasteiger partial charge in [0.25, 0.3) is 0 Å². The number of carbonyl (C=O) groups excluding carboxylic acids is 1. The van der Waals surface area contributed by atoms with Crippen LogP contribution in [-0.2, 0) is 11.3 Å². The molecule has 0 aliphatic heterocycles. The highest BCUT2D eigenvalue weighted by Gasteiger charge is 2.31. The van der Waals surface area contributed by atoms with Crippen molar-refractivity contribution in [2.75, 3.05) is 0 Å². The molecule has 4 nitrogen and oxygen atoms in total. The highest BCUT2D eigenvalue weighted by molar-refractivity contribution is 5.67. The van der Waals surface area contributed by atoms with Gasteiger partial charge in [-0.3, -0.25) is 0 Å². The number of nitrogens with one attached hydrogen (secondary N) is 2.